The zero-order valence-corrected chi connectivity index (χ0v) is 18.0. The normalized spacial score (nSPS) is 15.2. The van der Waals surface area contributed by atoms with Crippen molar-refractivity contribution in [2.45, 2.75) is 13.5 Å². The fraction of sp³-hybridized carbons (Fsp3) is 0.130. The first-order valence-corrected chi connectivity index (χ1v) is 10.1. The molecule has 0 saturated heterocycles. The number of rotatable bonds is 7. The van der Waals surface area contributed by atoms with Gasteiger partial charge in [-0.05, 0) is 55.0 Å². The molecule has 10 nitrogen and oxygen atoms in total. The van der Waals surface area contributed by atoms with E-state index in [1.54, 1.807) is 12.1 Å². The molecule has 2 heterocycles. The van der Waals surface area contributed by atoms with Crippen LogP contribution in [0.15, 0.2) is 72.1 Å². The number of nitro benzene ring substituents is 1. The van der Waals surface area contributed by atoms with Gasteiger partial charge in [0.15, 0.2) is 5.92 Å². The van der Waals surface area contributed by atoms with Crippen LogP contribution < -0.4 is 14.5 Å². The zero-order chi connectivity index (χ0) is 25.1. The summed E-state index contributed by atoms with van der Waals surface area (Å²) in [4.78, 5) is 39.8. The predicted octanol–water partition coefficient (Wildman–Crippen LogP) is 4.20. The molecule has 178 valence electrons. The molecule has 1 unspecified atom stereocenters. The number of benzene rings is 2. The van der Waals surface area contributed by atoms with Gasteiger partial charge in [0.25, 0.3) is 11.6 Å². The summed E-state index contributed by atoms with van der Waals surface area (Å²) in [6.45, 7) is -1.59. The molecule has 1 aromatic heterocycles. The number of nitrogens with zero attached hydrogens (tertiary/aromatic N) is 4. The Morgan fingerprint density at radius 3 is 2.43 bits per heavy atom. The van der Waals surface area contributed by atoms with E-state index in [0.717, 1.165) is 17.1 Å². The molecule has 12 heteroatoms. The van der Waals surface area contributed by atoms with Gasteiger partial charge in [0.05, 0.1) is 16.3 Å². The number of hydrogen-bond donors (Lipinski definition) is 0. The van der Waals surface area contributed by atoms with Crippen molar-refractivity contribution in [1.29, 1.82) is 0 Å². The fourth-order valence-corrected chi connectivity index (χ4v) is 3.44. The molecule has 0 fully saturated rings. The summed E-state index contributed by atoms with van der Waals surface area (Å²) in [5, 5.41) is 15.9. The number of alkyl halides is 2. The van der Waals surface area contributed by atoms with Crippen LogP contribution in [0.25, 0.3) is 11.1 Å². The highest BCUT2D eigenvalue weighted by molar-refractivity contribution is 6.25. The molecule has 2 aromatic carbocycles. The summed E-state index contributed by atoms with van der Waals surface area (Å²) in [5.41, 5.74) is 0.963. The first kappa shape index (κ1) is 23.4. The number of aromatic nitrogens is 1. The summed E-state index contributed by atoms with van der Waals surface area (Å²) >= 11 is 0. The van der Waals surface area contributed by atoms with Crippen LogP contribution in [0.1, 0.15) is 6.92 Å². The highest BCUT2D eigenvalue weighted by Crippen LogP contribution is 2.36. The highest BCUT2D eigenvalue weighted by atomic mass is 19.3. The Labute approximate surface area is 196 Å². The highest BCUT2D eigenvalue weighted by Gasteiger charge is 2.41. The number of nitro groups is 1. The van der Waals surface area contributed by atoms with E-state index in [4.69, 9.17) is 4.74 Å². The first-order valence-electron chi connectivity index (χ1n) is 10.1. The summed E-state index contributed by atoms with van der Waals surface area (Å²) < 4.78 is 35.6. The van der Waals surface area contributed by atoms with Crippen molar-refractivity contribution in [3.05, 3.63) is 77.1 Å². The quantitative estimate of drug-likeness (QED) is 0.162. The SMILES string of the molecule is CC1=NN(c2ccc(OC(F)F)c(-c3ccncc3)c2)C(=O)C1C(=O)Oc1ccc([N+](=O)[O-])cc1. The van der Waals surface area contributed by atoms with E-state index in [1.165, 1.54) is 49.6 Å². The lowest BCUT2D eigenvalue weighted by Gasteiger charge is -2.17. The number of carbonyl (C=O) groups is 2. The Morgan fingerprint density at radius 1 is 1.11 bits per heavy atom. The number of anilines is 1. The van der Waals surface area contributed by atoms with Gasteiger partial charge in [-0.3, -0.25) is 24.7 Å². The van der Waals surface area contributed by atoms with E-state index in [9.17, 15) is 28.5 Å². The molecular formula is C23H16F2N4O6. The van der Waals surface area contributed by atoms with E-state index >= 15 is 0 Å². The minimum atomic E-state index is -3.06. The molecular weight excluding hydrogens is 466 g/mol. The molecule has 1 atom stereocenters. The third-order valence-corrected chi connectivity index (χ3v) is 5.05. The number of hydrazone groups is 1. The minimum Gasteiger partial charge on any atom is -0.434 e. The zero-order valence-electron chi connectivity index (χ0n) is 18.0. The van der Waals surface area contributed by atoms with Crippen LogP contribution in [0.5, 0.6) is 11.5 Å². The molecule has 0 N–H and O–H groups in total. The Balaban J connectivity index is 1.59. The van der Waals surface area contributed by atoms with E-state index in [2.05, 4.69) is 14.8 Å². The van der Waals surface area contributed by atoms with Crippen molar-refractivity contribution in [3.8, 4) is 22.6 Å². The Kier molecular flexibility index (Phi) is 6.44. The lowest BCUT2D eigenvalue weighted by molar-refractivity contribution is -0.384. The molecule has 0 bridgehead atoms. The van der Waals surface area contributed by atoms with Gasteiger partial charge in [-0.1, -0.05) is 0 Å². The average Bonchev–Trinajstić information content (AvgIpc) is 3.13. The molecule has 0 spiro atoms. The van der Waals surface area contributed by atoms with Gasteiger partial charge in [0.2, 0.25) is 0 Å². The number of pyridine rings is 1. The van der Waals surface area contributed by atoms with E-state index in [-0.39, 0.29) is 34.1 Å². The van der Waals surface area contributed by atoms with Gasteiger partial charge in [0, 0.05) is 30.1 Å². The Bertz CT molecular complexity index is 1320. The number of amides is 1. The number of ether oxygens (including phenoxy) is 2. The summed E-state index contributed by atoms with van der Waals surface area (Å²) in [5.74, 6) is -3.08. The predicted molar refractivity (Wildman–Crippen MR) is 119 cm³/mol. The maximum Gasteiger partial charge on any atom is 0.387 e. The third-order valence-electron chi connectivity index (χ3n) is 5.05. The van der Waals surface area contributed by atoms with Crippen LogP contribution in [-0.4, -0.2) is 34.1 Å². The van der Waals surface area contributed by atoms with Crippen LogP contribution >= 0.6 is 0 Å². The standard InChI is InChI=1S/C23H16F2N4O6/c1-13-20(22(31)34-17-5-2-15(3-6-17)29(32)33)21(30)28(27-13)16-4-7-19(35-23(24)25)18(12-16)14-8-10-26-11-9-14/h2-12,20,23H,1H3. The average molecular weight is 482 g/mol. The summed E-state index contributed by atoms with van der Waals surface area (Å²) in [6.07, 6.45) is 2.95. The largest absolute Gasteiger partial charge is 0.434 e. The molecule has 0 radical (unpaired) electrons. The van der Waals surface area contributed by atoms with Crippen LogP contribution in [-0.2, 0) is 9.59 Å². The molecule has 0 saturated carbocycles. The number of esters is 1. The van der Waals surface area contributed by atoms with Crippen molar-refractivity contribution in [3.63, 3.8) is 0 Å². The van der Waals surface area contributed by atoms with Gasteiger partial charge in [0.1, 0.15) is 11.5 Å². The molecule has 4 rings (SSSR count). The molecule has 1 aliphatic heterocycles. The lowest BCUT2D eigenvalue weighted by Crippen LogP contribution is -2.35. The van der Waals surface area contributed by atoms with E-state index in [1.807, 2.05) is 0 Å². The maximum atomic E-state index is 13.1. The smallest absolute Gasteiger partial charge is 0.387 e. The van der Waals surface area contributed by atoms with E-state index < -0.39 is 29.3 Å². The Hall–Kier alpha value is -4.74. The lowest BCUT2D eigenvalue weighted by atomic mass is 10.0. The minimum absolute atomic E-state index is 0.0214. The fourth-order valence-electron chi connectivity index (χ4n) is 3.44. The monoisotopic (exact) mass is 482 g/mol. The van der Waals surface area contributed by atoms with Crippen LogP contribution in [0.4, 0.5) is 20.2 Å². The van der Waals surface area contributed by atoms with Crippen molar-refractivity contribution >= 4 is 29.0 Å². The second kappa shape index (κ2) is 9.63. The van der Waals surface area contributed by atoms with Crippen molar-refractivity contribution in [1.82, 2.24) is 4.98 Å². The van der Waals surface area contributed by atoms with Gasteiger partial charge >= 0.3 is 12.6 Å². The number of non-ortho nitro benzene ring substituents is 1. The van der Waals surface area contributed by atoms with Crippen molar-refractivity contribution in [2.24, 2.45) is 11.0 Å². The number of halogens is 2. The van der Waals surface area contributed by atoms with Gasteiger partial charge < -0.3 is 9.47 Å². The second-order valence-electron chi connectivity index (χ2n) is 7.29. The number of carbonyl (C=O) groups excluding carboxylic acids is 2. The van der Waals surface area contributed by atoms with Crippen molar-refractivity contribution in [2.75, 3.05) is 5.01 Å². The van der Waals surface area contributed by atoms with Gasteiger partial charge in [-0.25, -0.2) is 0 Å². The summed E-state index contributed by atoms with van der Waals surface area (Å²) in [7, 11) is 0. The summed E-state index contributed by atoms with van der Waals surface area (Å²) in [6, 6.07) is 12.0. The van der Waals surface area contributed by atoms with Crippen LogP contribution in [0.3, 0.4) is 0 Å². The second-order valence-corrected chi connectivity index (χ2v) is 7.29. The number of hydrogen-bond acceptors (Lipinski definition) is 8. The Morgan fingerprint density at radius 2 is 1.80 bits per heavy atom. The van der Waals surface area contributed by atoms with Crippen LogP contribution in [0, 0.1) is 16.0 Å². The molecule has 1 aliphatic rings. The van der Waals surface area contributed by atoms with Crippen molar-refractivity contribution < 1.29 is 32.8 Å². The first-order chi connectivity index (χ1) is 16.7. The van der Waals surface area contributed by atoms with E-state index in [0.29, 0.717) is 5.56 Å². The molecule has 0 aliphatic carbocycles. The molecule has 3 aromatic rings. The van der Waals surface area contributed by atoms with Crippen LogP contribution in [0.2, 0.25) is 0 Å². The van der Waals surface area contributed by atoms with Gasteiger partial charge in [-0.2, -0.15) is 18.9 Å². The molecule has 35 heavy (non-hydrogen) atoms. The van der Waals surface area contributed by atoms with Gasteiger partial charge in [-0.15, -0.1) is 0 Å². The molecule has 1 amide bonds. The topological polar surface area (TPSA) is 124 Å². The third kappa shape index (κ3) is 4.95. The maximum absolute atomic E-state index is 13.1.